The van der Waals surface area contributed by atoms with Gasteiger partial charge < -0.3 is 18.8 Å². The van der Waals surface area contributed by atoms with Crippen molar-refractivity contribution in [3.8, 4) is 0 Å². The molecule has 130 valence electrons. The number of amides is 1. The molecule has 2 atom stereocenters. The lowest BCUT2D eigenvalue weighted by Crippen LogP contribution is -2.40. The third-order valence-electron chi connectivity index (χ3n) is 4.88. The van der Waals surface area contributed by atoms with Crippen molar-refractivity contribution in [2.75, 3.05) is 6.54 Å². The van der Waals surface area contributed by atoms with Gasteiger partial charge in [-0.3, -0.25) is 4.79 Å². The number of hydrogen-bond donors (Lipinski definition) is 1. The summed E-state index contributed by atoms with van der Waals surface area (Å²) in [7, 11) is 0. The Hall–Kier alpha value is -2.01. The highest BCUT2D eigenvalue weighted by Gasteiger charge is 2.30. The average Bonchev–Trinajstić information content (AvgIpc) is 3.14. The van der Waals surface area contributed by atoms with E-state index in [0.717, 1.165) is 37.0 Å². The van der Waals surface area contributed by atoms with Crippen LogP contribution in [0.4, 0.5) is 0 Å². The normalized spacial score (nSPS) is 20.0. The van der Waals surface area contributed by atoms with Gasteiger partial charge in [-0.25, -0.2) is 0 Å². The van der Waals surface area contributed by atoms with Gasteiger partial charge in [0.2, 0.25) is 0 Å². The Kier molecular flexibility index (Phi) is 5.09. The largest absolute Gasteiger partial charge is 0.467 e. The number of carbonyl (C=O) groups is 1. The number of nitrogens with zero attached hydrogens (tertiary/aromatic N) is 1. The van der Waals surface area contributed by atoms with E-state index >= 15 is 0 Å². The summed E-state index contributed by atoms with van der Waals surface area (Å²) in [5, 5.41) is 10.4. The van der Waals surface area contributed by atoms with Crippen LogP contribution in [0.2, 0.25) is 0 Å². The minimum Gasteiger partial charge on any atom is -0.467 e. The first-order chi connectivity index (χ1) is 11.6. The van der Waals surface area contributed by atoms with Gasteiger partial charge in [0.25, 0.3) is 5.91 Å². The zero-order valence-electron chi connectivity index (χ0n) is 14.3. The number of furan rings is 2. The van der Waals surface area contributed by atoms with Crippen molar-refractivity contribution in [1.82, 2.24) is 4.90 Å². The van der Waals surface area contributed by atoms with Crippen molar-refractivity contribution in [2.45, 2.75) is 58.1 Å². The Morgan fingerprint density at radius 2 is 2.21 bits per heavy atom. The molecule has 2 aromatic rings. The van der Waals surface area contributed by atoms with E-state index in [9.17, 15) is 9.90 Å². The van der Waals surface area contributed by atoms with Gasteiger partial charge in [0, 0.05) is 19.0 Å². The van der Waals surface area contributed by atoms with Crippen molar-refractivity contribution >= 4 is 5.91 Å². The number of aryl methyl sites for hydroxylation is 2. The van der Waals surface area contributed by atoms with Crippen LogP contribution >= 0.6 is 0 Å². The first-order valence-electron chi connectivity index (χ1n) is 8.65. The van der Waals surface area contributed by atoms with Crippen LogP contribution in [-0.4, -0.2) is 28.5 Å². The van der Waals surface area contributed by atoms with E-state index in [1.165, 1.54) is 0 Å². The first-order valence-corrected chi connectivity index (χ1v) is 8.65. The Morgan fingerprint density at radius 1 is 1.38 bits per heavy atom. The second-order valence-corrected chi connectivity index (χ2v) is 6.62. The molecule has 2 unspecified atom stereocenters. The summed E-state index contributed by atoms with van der Waals surface area (Å²) in [5.74, 6) is 1.64. The summed E-state index contributed by atoms with van der Waals surface area (Å²) in [6, 6.07) is 5.34. The van der Waals surface area contributed by atoms with Crippen LogP contribution in [-0.2, 0) is 0 Å². The highest BCUT2D eigenvalue weighted by molar-refractivity contribution is 5.92. The van der Waals surface area contributed by atoms with Gasteiger partial charge in [-0.15, -0.1) is 0 Å². The molecule has 1 aliphatic rings. The maximum atomic E-state index is 12.9. The minimum absolute atomic E-state index is 0.00851. The standard InChI is InChI=1S/C19H25NO4/c1-13-11-18(24-14(13)2)19(22)20-9-5-3-4-7-15(20)12-16(21)17-8-6-10-23-17/h6,8,10-11,15-16,21H,3-5,7,9,12H2,1-2H3. The van der Waals surface area contributed by atoms with Crippen LogP contribution in [0.5, 0.6) is 0 Å². The lowest BCUT2D eigenvalue weighted by atomic mass is 10.0. The third-order valence-corrected chi connectivity index (χ3v) is 4.88. The average molecular weight is 331 g/mol. The zero-order chi connectivity index (χ0) is 17.1. The molecule has 0 aliphatic carbocycles. The van der Waals surface area contributed by atoms with Gasteiger partial charge in [0.1, 0.15) is 17.6 Å². The second kappa shape index (κ2) is 7.26. The summed E-state index contributed by atoms with van der Waals surface area (Å²) >= 11 is 0. The van der Waals surface area contributed by atoms with Crippen molar-refractivity contribution in [3.05, 3.63) is 47.3 Å². The van der Waals surface area contributed by atoms with E-state index in [2.05, 4.69) is 0 Å². The Bertz CT molecular complexity index is 654. The smallest absolute Gasteiger partial charge is 0.289 e. The van der Waals surface area contributed by atoms with Crippen LogP contribution in [0.1, 0.15) is 65.8 Å². The highest BCUT2D eigenvalue weighted by atomic mass is 16.4. The number of carbonyl (C=O) groups excluding carboxylic acids is 1. The fraction of sp³-hybridized carbons (Fsp3) is 0.526. The zero-order valence-corrected chi connectivity index (χ0v) is 14.3. The second-order valence-electron chi connectivity index (χ2n) is 6.62. The highest BCUT2D eigenvalue weighted by Crippen LogP contribution is 2.28. The predicted molar refractivity (Wildman–Crippen MR) is 89.8 cm³/mol. The van der Waals surface area contributed by atoms with Crippen LogP contribution in [0.25, 0.3) is 0 Å². The molecule has 1 saturated heterocycles. The van der Waals surface area contributed by atoms with Crippen LogP contribution < -0.4 is 0 Å². The SMILES string of the molecule is Cc1cc(C(=O)N2CCCCCC2CC(O)c2ccco2)oc1C. The number of aliphatic hydroxyl groups excluding tert-OH is 1. The van der Waals surface area contributed by atoms with E-state index < -0.39 is 6.10 Å². The quantitative estimate of drug-likeness (QED) is 0.919. The molecule has 1 N–H and O–H groups in total. The van der Waals surface area contributed by atoms with Gasteiger partial charge in [0.05, 0.1) is 6.26 Å². The minimum atomic E-state index is -0.696. The molecule has 1 aliphatic heterocycles. The number of rotatable bonds is 4. The molecular weight excluding hydrogens is 306 g/mol. The Labute approximate surface area is 142 Å². The molecule has 0 radical (unpaired) electrons. The molecule has 0 aromatic carbocycles. The molecule has 3 heterocycles. The molecule has 24 heavy (non-hydrogen) atoms. The summed E-state index contributed by atoms with van der Waals surface area (Å²) in [6.45, 7) is 4.51. The van der Waals surface area contributed by atoms with E-state index in [4.69, 9.17) is 8.83 Å². The molecule has 1 fully saturated rings. The van der Waals surface area contributed by atoms with Crippen molar-refractivity contribution in [2.24, 2.45) is 0 Å². The number of aliphatic hydroxyl groups is 1. The predicted octanol–water partition coefficient (Wildman–Crippen LogP) is 4.00. The summed E-state index contributed by atoms with van der Waals surface area (Å²) < 4.78 is 10.9. The molecule has 5 nitrogen and oxygen atoms in total. The van der Waals surface area contributed by atoms with Gasteiger partial charge in [-0.2, -0.15) is 0 Å². The molecule has 3 rings (SSSR count). The van der Waals surface area contributed by atoms with Crippen molar-refractivity contribution in [1.29, 1.82) is 0 Å². The van der Waals surface area contributed by atoms with E-state index in [1.807, 2.05) is 24.8 Å². The fourth-order valence-corrected chi connectivity index (χ4v) is 3.36. The molecule has 0 spiro atoms. The van der Waals surface area contributed by atoms with Crippen molar-refractivity contribution < 1.29 is 18.7 Å². The Morgan fingerprint density at radius 3 is 2.88 bits per heavy atom. The molecule has 0 saturated carbocycles. The van der Waals surface area contributed by atoms with Gasteiger partial charge >= 0.3 is 0 Å². The summed E-state index contributed by atoms with van der Waals surface area (Å²) in [4.78, 5) is 14.8. The van der Waals surface area contributed by atoms with E-state index in [-0.39, 0.29) is 11.9 Å². The van der Waals surface area contributed by atoms with Crippen molar-refractivity contribution in [3.63, 3.8) is 0 Å². The van der Waals surface area contributed by atoms with E-state index in [0.29, 0.717) is 24.5 Å². The first kappa shape index (κ1) is 16.8. The lowest BCUT2D eigenvalue weighted by Gasteiger charge is -2.30. The maximum Gasteiger partial charge on any atom is 0.289 e. The van der Waals surface area contributed by atoms with Gasteiger partial charge in [-0.05, 0) is 50.5 Å². The maximum absolute atomic E-state index is 12.9. The molecule has 0 bridgehead atoms. The molecule has 2 aromatic heterocycles. The van der Waals surface area contributed by atoms with Crippen LogP contribution in [0.15, 0.2) is 33.3 Å². The number of hydrogen-bond acceptors (Lipinski definition) is 4. The molecule has 5 heteroatoms. The van der Waals surface area contributed by atoms with Gasteiger partial charge in [-0.1, -0.05) is 12.8 Å². The topological polar surface area (TPSA) is 66.8 Å². The van der Waals surface area contributed by atoms with Gasteiger partial charge in [0.15, 0.2) is 5.76 Å². The lowest BCUT2D eigenvalue weighted by molar-refractivity contribution is 0.0528. The third kappa shape index (κ3) is 3.56. The monoisotopic (exact) mass is 331 g/mol. The summed E-state index contributed by atoms with van der Waals surface area (Å²) in [6.07, 6.45) is 5.39. The summed E-state index contributed by atoms with van der Waals surface area (Å²) in [5.41, 5.74) is 0.986. The van der Waals surface area contributed by atoms with E-state index in [1.54, 1.807) is 18.4 Å². The number of likely N-dealkylation sites (tertiary alicyclic amines) is 1. The Balaban J connectivity index is 1.78. The molecular formula is C19H25NO4. The fourth-order valence-electron chi connectivity index (χ4n) is 3.36. The van der Waals surface area contributed by atoms with Crippen LogP contribution in [0.3, 0.4) is 0 Å². The van der Waals surface area contributed by atoms with Crippen LogP contribution in [0, 0.1) is 13.8 Å². The molecule has 1 amide bonds.